The summed E-state index contributed by atoms with van der Waals surface area (Å²) in [5.41, 5.74) is 16.5. The number of para-hydroxylation sites is 2. The highest BCUT2D eigenvalue weighted by atomic mass is 32.2. The van der Waals surface area contributed by atoms with E-state index in [2.05, 4.69) is 135 Å². The van der Waals surface area contributed by atoms with Crippen LogP contribution >= 0.6 is 11.6 Å². The molecule has 0 aliphatic carbocycles. The van der Waals surface area contributed by atoms with Crippen molar-refractivity contribution in [2.45, 2.75) is 4.90 Å². The predicted molar refractivity (Wildman–Crippen MR) is 199 cm³/mol. The fourth-order valence-corrected chi connectivity index (χ4v) is 9.45. The van der Waals surface area contributed by atoms with Gasteiger partial charge in [-0.2, -0.15) is 11.6 Å². The lowest BCUT2D eigenvalue weighted by atomic mass is 9.47. The van der Waals surface area contributed by atoms with Gasteiger partial charge in [-0.1, -0.05) is 66.7 Å². The fraction of sp³-hybridized carbons (Fsp3) is 0. The summed E-state index contributed by atoms with van der Waals surface area (Å²) in [7, 11) is 0. The highest BCUT2D eigenvalue weighted by Crippen LogP contribution is 2.48. The monoisotopic (exact) mass is 630 g/mol. The van der Waals surface area contributed by atoms with Gasteiger partial charge < -0.3 is 14.5 Å². The van der Waals surface area contributed by atoms with Crippen molar-refractivity contribution in [1.29, 1.82) is 0 Å². The van der Waals surface area contributed by atoms with Gasteiger partial charge in [0.2, 0.25) is 0 Å². The molecule has 0 amide bonds. The van der Waals surface area contributed by atoms with E-state index in [4.69, 9.17) is 4.65 Å². The molecule has 0 unspecified atom stereocenters. The summed E-state index contributed by atoms with van der Waals surface area (Å²) in [4.78, 5) is 15.1. The van der Waals surface area contributed by atoms with Gasteiger partial charge in [0.1, 0.15) is 5.75 Å². The summed E-state index contributed by atoms with van der Waals surface area (Å²) < 4.78 is 6.99. The molecule has 0 N–H and O–H groups in total. The van der Waals surface area contributed by atoms with Gasteiger partial charge in [0.15, 0.2) is 0 Å². The van der Waals surface area contributed by atoms with Crippen LogP contribution in [0.2, 0.25) is 0 Å². The highest BCUT2D eigenvalue weighted by Gasteiger charge is 2.46. The standard InChI is InChI=1S/C40H24B2N4OS/c1-3-9-25(10-4-1)45-33-15-7-13-27-29-23-43-19-17-37(29)47-41(39(27)33)31-21-32-36(22-35(31)45)46(26-11-5-2-6-12-26)34-16-8-14-28-30-24-44-20-18-38(30)48-42(32)40(28)34/h1-24H. The molecule has 0 bridgehead atoms. The van der Waals surface area contributed by atoms with Gasteiger partial charge in [0, 0.05) is 80.4 Å². The maximum atomic E-state index is 6.99. The number of nitrogens with zero attached hydrogens (tertiary/aromatic N) is 4. The van der Waals surface area contributed by atoms with E-state index in [1.165, 1.54) is 49.3 Å². The van der Waals surface area contributed by atoms with Crippen LogP contribution in [0.4, 0.5) is 34.1 Å². The quantitative estimate of drug-likeness (QED) is 0.190. The third-order valence-electron chi connectivity index (χ3n) is 10.1. The first-order valence-corrected chi connectivity index (χ1v) is 17.1. The van der Waals surface area contributed by atoms with E-state index in [1.54, 1.807) is 0 Å². The molecule has 0 saturated heterocycles. The number of rotatable bonds is 2. The van der Waals surface area contributed by atoms with E-state index < -0.39 is 0 Å². The third-order valence-corrected chi connectivity index (χ3v) is 11.4. The lowest BCUT2D eigenvalue weighted by Crippen LogP contribution is -2.59. The largest absolute Gasteiger partial charge is 0.551 e. The number of hydrogen-bond donors (Lipinski definition) is 0. The van der Waals surface area contributed by atoms with Crippen LogP contribution < -0.4 is 36.3 Å². The summed E-state index contributed by atoms with van der Waals surface area (Å²) in [5, 5.41) is 0. The zero-order chi connectivity index (χ0) is 31.3. The summed E-state index contributed by atoms with van der Waals surface area (Å²) in [6.07, 6.45) is 7.67. The van der Waals surface area contributed by atoms with E-state index >= 15 is 0 Å². The van der Waals surface area contributed by atoms with Crippen LogP contribution in [-0.2, 0) is 0 Å². The van der Waals surface area contributed by atoms with Gasteiger partial charge in [-0.05, 0) is 82.1 Å². The zero-order valence-corrected chi connectivity index (χ0v) is 26.4. The smallest absolute Gasteiger partial charge is 0.431 e. The summed E-state index contributed by atoms with van der Waals surface area (Å²) in [6.45, 7) is -0.266. The predicted octanol–water partition coefficient (Wildman–Crippen LogP) is 7.09. The highest BCUT2D eigenvalue weighted by molar-refractivity contribution is 8.28. The minimum atomic E-state index is -0.266. The van der Waals surface area contributed by atoms with Gasteiger partial charge in [0.25, 0.3) is 5.99 Å². The SMILES string of the molecule is c1ccc(N2c3cc4c(cc3B3Oc5ccncc5-c5cccc2c53)B2Sc3ccncc3-c3cccc(c32)N4c2ccccc2)cc1. The molecule has 11 rings (SSSR count). The molecular weight excluding hydrogens is 606 g/mol. The molecule has 6 heterocycles. The Morgan fingerprint density at radius 1 is 0.521 bits per heavy atom. The fourth-order valence-electron chi connectivity index (χ4n) is 8.09. The Kier molecular flexibility index (Phi) is 5.43. The lowest BCUT2D eigenvalue weighted by Gasteiger charge is -2.43. The Morgan fingerprint density at radius 3 is 1.88 bits per heavy atom. The van der Waals surface area contributed by atoms with Crippen LogP contribution in [0.3, 0.4) is 0 Å². The molecule has 0 atom stereocenters. The second-order valence-corrected chi connectivity index (χ2v) is 13.7. The van der Waals surface area contributed by atoms with Crippen molar-refractivity contribution in [2.75, 3.05) is 9.80 Å². The van der Waals surface area contributed by atoms with Gasteiger partial charge in [0.05, 0.1) is 0 Å². The molecule has 4 aliphatic rings. The number of fused-ring (bicyclic) bond motifs is 8. The van der Waals surface area contributed by atoms with Crippen molar-refractivity contribution in [3.05, 3.63) is 146 Å². The van der Waals surface area contributed by atoms with Crippen LogP contribution in [0.15, 0.2) is 151 Å². The van der Waals surface area contributed by atoms with Crippen LogP contribution in [0.1, 0.15) is 0 Å². The topological polar surface area (TPSA) is 41.5 Å². The second kappa shape index (κ2) is 9.89. The normalized spacial score (nSPS) is 14.2. The van der Waals surface area contributed by atoms with Crippen LogP contribution in [0, 0.1) is 0 Å². The minimum absolute atomic E-state index is 0.105. The Balaban J connectivity index is 1.23. The summed E-state index contributed by atoms with van der Waals surface area (Å²) in [5.74, 6) is 0.969. The molecule has 4 aliphatic heterocycles. The summed E-state index contributed by atoms with van der Waals surface area (Å²) in [6, 6.07) is 43.8. The molecule has 5 aromatic carbocycles. The zero-order valence-electron chi connectivity index (χ0n) is 25.6. The summed E-state index contributed by atoms with van der Waals surface area (Å²) >= 11 is 1.92. The maximum Gasteiger partial charge on any atom is 0.431 e. The number of benzene rings is 5. The van der Waals surface area contributed by atoms with Gasteiger partial charge in [-0.15, -0.1) is 0 Å². The average Bonchev–Trinajstić information content (AvgIpc) is 3.15. The van der Waals surface area contributed by atoms with E-state index in [0.29, 0.717) is 0 Å². The molecule has 0 spiro atoms. The number of anilines is 6. The van der Waals surface area contributed by atoms with Gasteiger partial charge >= 0.3 is 6.92 Å². The van der Waals surface area contributed by atoms with Gasteiger partial charge in [-0.3, -0.25) is 9.97 Å². The van der Waals surface area contributed by atoms with Crippen molar-refractivity contribution >= 4 is 80.5 Å². The first kappa shape index (κ1) is 26.4. The van der Waals surface area contributed by atoms with Crippen LogP contribution in [0.25, 0.3) is 22.3 Å². The molecule has 7 aromatic rings. The molecule has 222 valence electrons. The Bertz CT molecular complexity index is 2290. The van der Waals surface area contributed by atoms with Crippen molar-refractivity contribution in [2.24, 2.45) is 0 Å². The van der Waals surface area contributed by atoms with E-state index in [9.17, 15) is 0 Å². The lowest BCUT2D eigenvalue weighted by molar-refractivity contribution is 0.589. The van der Waals surface area contributed by atoms with Crippen molar-refractivity contribution in [1.82, 2.24) is 9.97 Å². The number of aromatic nitrogens is 2. The average molecular weight is 630 g/mol. The van der Waals surface area contributed by atoms with E-state index in [0.717, 1.165) is 39.5 Å². The van der Waals surface area contributed by atoms with Crippen LogP contribution in [-0.4, -0.2) is 22.9 Å². The first-order chi connectivity index (χ1) is 23.8. The van der Waals surface area contributed by atoms with Crippen molar-refractivity contribution in [3.8, 4) is 28.0 Å². The Morgan fingerprint density at radius 2 is 1.15 bits per heavy atom. The second-order valence-electron chi connectivity index (χ2n) is 12.5. The molecule has 5 nitrogen and oxygen atoms in total. The minimum Gasteiger partial charge on any atom is -0.551 e. The number of hydrogen-bond acceptors (Lipinski definition) is 6. The molecular formula is C40H24B2N4OS. The molecule has 0 fully saturated rings. The molecule has 0 radical (unpaired) electrons. The van der Waals surface area contributed by atoms with E-state index in [-0.39, 0.29) is 12.9 Å². The Hall–Kier alpha value is -5.72. The molecule has 48 heavy (non-hydrogen) atoms. The first-order valence-electron chi connectivity index (χ1n) is 16.2. The van der Waals surface area contributed by atoms with Crippen molar-refractivity contribution < 1.29 is 4.65 Å². The van der Waals surface area contributed by atoms with Gasteiger partial charge in [-0.25, -0.2) is 0 Å². The third kappa shape index (κ3) is 3.55. The number of pyridine rings is 2. The van der Waals surface area contributed by atoms with Crippen molar-refractivity contribution in [3.63, 3.8) is 0 Å². The molecule has 0 saturated carbocycles. The van der Waals surface area contributed by atoms with Crippen LogP contribution in [0.5, 0.6) is 5.75 Å². The Labute approximate surface area is 283 Å². The molecule has 2 aromatic heterocycles. The van der Waals surface area contributed by atoms with E-state index in [1.807, 2.05) is 42.5 Å². The molecule has 8 heteroatoms. The maximum absolute atomic E-state index is 6.99.